The summed E-state index contributed by atoms with van der Waals surface area (Å²) in [6.07, 6.45) is 6.99. The van der Waals surface area contributed by atoms with E-state index in [-0.39, 0.29) is 12.1 Å². The second-order valence-corrected chi connectivity index (χ2v) is 4.28. The average Bonchev–Trinajstić information content (AvgIpc) is 2.04. The van der Waals surface area contributed by atoms with E-state index in [1.54, 1.807) is 0 Å². The summed E-state index contributed by atoms with van der Waals surface area (Å²) in [5.41, 5.74) is 0. The Morgan fingerprint density at radius 2 is 2.08 bits per heavy atom. The summed E-state index contributed by atoms with van der Waals surface area (Å²) in [5.74, 6) is -0.138. The summed E-state index contributed by atoms with van der Waals surface area (Å²) < 4.78 is 5.23. The largest absolute Gasteiger partial charge is 0.461 e. The molecule has 1 saturated carbocycles. The van der Waals surface area contributed by atoms with Crippen LogP contribution in [0.15, 0.2) is 0 Å². The van der Waals surface area contributed by atoms with E-state index in [1.165, 1.54) is 26.2 Å². The molecule has 0 radical (unpaired) electrons. The van der Waals surface area contributed by atoms with Crippen LogP contribution in [0.2, 0.25) is 0 Å². The van der Waals surface area contributed by atoms with Crippen LogP contribution in [0.5, 0.6) is 0 Å². The van der Waals surface area contributed by atoms with Gasteiger partial charge in [0.25, 0.3) is 0 Å². The van der Waals surface area contributed by atoms with Gasteiger partial charge in [0.1, 0.15) is 6.10 Å². The van der Waals surface area contributed by atoms with Crippen molar-refractivity contribution in [3.63, 3.8) is 0 Å². The molecule has 0 bridgehead atoms. The summed E-state index contributed by atoms with van der Waals surface area (Å²) in [6, 6.07) is 0. The van der Waals surface area contributed by atoms with Crippen molar-refractivity contribution in [3.05, 3.63) is 0 Å². The summed E-state index contributed by atoms with van der Waals surface area (Å²) in [5, 5.41) is 0.530. The molecule has 2 unspecified atom stereocenters. The van der Waals surface area contributed by atoms with Crippen LogP contribution in [0.4, 0.5) is 0 Å². The lowest BCUT2D eigenvalue weighted by Gasteiger charge is -2.29. The van der Waals surface area contributed by atoms with Crippen LogP contribution in [0.1, 0.15) is 32.6 Å². The number of thioether (sulfide) groups is 1. The van der Waals surface area contributed by atoms with E-state index in [1.807, 2.05) is 11.8 Å². The fourth-order valence-corrected chi connectivity index (χ4v) is 2.58. The van der Waals surface area contributed by atoms with Crippen molar-refractivity contribution in [3.8, 4) is 0 Å². The Hall–Kier alpha value is -0.180. The Balaban J connectivity index is 2.41. The summed E-state index contributed by atoms with van der Waals surface area (Å²) in [6.45, 7) is 1.49. The molecule has 0 aromatic heterocycles. The van der Waals surface area contributed by atoms with Crippen LogP contribution >= 0.6 is 11.8 Å². The van der Waals surface area contributed by atoms with Gasteiger partial charge >= 0.3 is 5.97 Å². The lowest BCUT2D eigenvalue weighted by Crippen LogP contribution is -2.31. The highest BCUT2D eigenvalue weighted by atomic mass is 32.2. The van der Waals surface area contributed by atoms with Gasteiger partial charge in [-0.05, 0) is 25.5 Å². The van der Waals surface area contributed by atoms with E-state index in [0.717, 1.165) is 6.42 Å². The molecule has 1 fully saturated rings. The van der Waals surface area contributed by atoms with Gasteiger partial charge < -0.3 is 4.74 Å². The molecule has 2 atom stereocenters. The molecule has 0 heterocycles. The van der Waals surface area contributed by atoms with Crippen molar-refractivity contribution in [1.29, 1.82) is 0 Å². The van der Waals surface area contributed by atoms with Crippen LogP contribution in [-0.4, -0.2) is 23.6 Å². The molecule has 1 aliphatic rings. The molecule has 0 amide bonds. The third-order valence-corrected chi connectivity index (χ3v) is 3.41. The van der Waals surface area contributed by atoms with Gasteiger partial charge in [-0.2, -0.15) is 11.8 Å². The van der Waals surface area contributed by atoms with Crippen molar-refractivity contribution in [1.82, 2.24) is 0 Å². The molecule has 0 saturated heterocycles. The Kier molecular flexibility index (Phi) is 3.92. The van der Waals surface area contributed by atoms with E-state index in [9.17, 15) is 4.79 Å². The summed E-state index contributed by atoms with van der Waals surface area (Å²) in [7, 11) is 0. The van der Waals surface area contributed by atoms with E-state index in [2.05, 4.69) is 6.26 Å². The third kappa shape index (κ3) is 2.70. The minimum atomic E-state index is -0.138. The first-order valence-corrected chi connectivity index (χ1v) is 5.73. The zero-order valence-electron chi connectivity index (χ0n) is 7.71. The van der Waals surface area contributed by atoms with Gasteiger partial charge in [-0.25, -0.2) is 0 Å². The fourth-order valence-electron chi connectivity index (χ4n) is 1.68. The van der Waals surface area contributed by atoms with Gasteiger partial charge in [-0.3, -0.25) is 4.79 Å². The van der Waals surface area contributed by atoms with Crippen molar-refractivity contribution in [2.45, 2.75) is 44.0 Å². The summed E-state index contributed by atoms with van der Waals surface area (Å²) >= 11 is 1.82. The number of esters is 1. The van der Waals surface area contributed by atoms with Gasteiger partial charge in [-0.1, -0.05) is 6.42 Å². The van der Waals surface area contributed by atoms with Gasteiger partial charge in [-0.15, -0.1) is 0 Å². The molecular formula is C9H16O2S. The molecular weight excluding hydrogens is 172 g/mol. The van der Waals surface area contributed by atoms with Gasteiger partial charge in [0.2, 0.25) is 0 Å². The zero-order chi connectivity index (χ0) is 8.97. The molecule has 70 valence electrons. The standard InChI is InChI=1S/C9H16O2S/c1-7(10)11-8-5-3-4-6-9(8)12-2/h8-9H,3-6H2,1-2H3. The Morgan fingerprint density at radius 1 is 1.42 bits per heavy atom. The highest BCUT2D eigenvalue weighted by Gasteiger charge is 2.26. The molecule has 0 aromatic rings. The molecule has 0 N–H and O–H groups in total. The number of carbonyl (C=O) groups is 1. The van der Waals surface area contributed by atoms with Crippen molar-refractivity contribution in [2.24, 2.45) is 0 Å². The molecule has 0 aromatic carbocycles. The second-order valence-electron chi connectivity index (χ2n) is 3.21. The Morgan fingerprint density at radius 3 is 2.67 bits per heavy atom. The molecule has 2 nitrogen and oxygen atoms in total. The monoisotopic (exact) mass is 188 g/mol. The number of hydrogen-bond acceptors (Lipinski definition) is 3. The van der Waals surface area contributed by atoms with E-state index < -0.39 is 0 Å². The minimum Gasteiger partial charge on any atom is -0.461 e. The highest BCUT2D eigenvalue weighted by Crippen LogP contribution is 2.29. The van der Waals surface area contributed by atoms with Crippen LogP contribution in [0, 0.1) is 0 Å². The number of hydrogen-bond donors (Lipinski definition) is 0. The quantitative estimate of drug-likeness (QED) is 0.622. The maximum absolute atomic E-state index is 10.7. The van der Waals surface area contributed by atoms with Crippen LogP contribution in [0.3, 0.4) is 0 Å². The smallest absolute Gasteiger partial charge is 0.302 e. The zero-order valence-corrected chi connectivity index (χ0v) is 8.52. The lowest BCUT2D eigenvalue weighted by atomic mass is 9.97. The van der Waals surface area contributed by atoms with Crippen LogP contribution in [-0.2, 0) is 9.53 Å². The van der Waals surface area contributed by atoms with Gasteiger partial charge in [0, 0.05) is 12.2 Å². The molecule has 12 heavy (non-hydrogen) atoms. The number of carbonyl (C=O) groups excluding carboxylic acids is 1. The maximum Gasteiger partial charge on any atom is 0.302 e. The maximum atomic E-state index is 10.7. The Bertz CT molecular complexity index is 159. The molecule has 0 aliphatic heterocycles. The first-order valence-electron chi connectivity index (χ1n) is 4.44. The van der Waals surface area contributed by atoms with E-state index in [0.29, 0.717) is 5.25 Å². The predicted octanol–water partition coefficient (Wildman–Crippen LogP) is 2.22. The van der Waals surface area contributed by atoms with E-state index in [4.69, 9.17) is 4.74 Å². The van der Waals surface area contributed by atoms with Crippen LogP contribution < -0.4 is 0 Å². The topological polar surface area (TPSA) is 26.3 Å². The third-order valence-electron chi connectivity index (χ3n) is 2.26. The molecule has 1 aliphatic carbocycles. The number of ether oxygens (including phenoxy) is 1. The van der Waals surface area contributed by atoms with Gasteiger partial charge in [0.05, 0.1) is 0 Å². The Labute approximate surface area is 78.1 Å². The molecule has 0 spiro atoms. The average molecular weight is 188 g/mol. The molecule has 1 rings (SSSR count). The first kappa shape index (κ1) is 9.90. The lowest BCUT2D eigenvalue weighted by molar-refractivity contribution is -0.147. The van der Waals surface area contributed by atoms with Crippen molar-refractivity contribution < 1.29 is 9.53 Å². The fraction of sp³-hybridized carbons (Fsp3) is 0.889. The number of rotatable bonds is 2. The van der Waals surface area contributed by atoms with Crippen molar-refractivity contribution >= 4 is 17.7 Å². The van der Waals surface area contributed by atoms with Crippen LogP contribution in [0.25, 0.3) is 0 Å². The predicted molar refractivity (Wildman–Crippen MR) is 51.3 cm³/mol. The molecule has 3 heteroatoms. The SMILES string of the molecule is CSC1CCCCC1OC(C)=O. The van der Waals surface area contributed by atoms with E-state index >= 15 is 0 Å². The second kappa shape index (κ2) is 4.75. The normalized spacial score (nSPS) is 29.8. The highest BCUT2D eigenvalue weighted by molar-refractivity contribution is 7.99. The minimum absolute atomic E-state index is 0.138. The summed E-state index contributed by atoms with van der Waals surface area (Å²) in [4.78, 5) is 10.7. The van der Waals surface area contributed by atoms with Gasteiger partial charge in [0.15, 0.2) is 0 Å². The van der Waals surface area contributed by atoms with Crippen molar-refractivity contribution in [2.75, 3.05) is 6.26 Å². The first-order chi connectivity index (χ1) is 5.74.